The predicted octanol–water partition coefficient (Wildman–Crippen LogP) is 3.25. The summed E-state index contributed by atoms with van der Waals surface area (Å²) in [4.78, 5) is 33.0. The lowest BCUT2D eigenvalue weighted by molar-refractivity contribution is -0.127. The molecule has 2 saturated heterocycles. The van der Waals surface area contributed by atoms with Crippen LogP contribution in [0, 0.1) is 5.41 Å². The number of hydrogen-bond donors (Lipinski definition) is 0. The maximum atomic E-state index is 12.6. The Balaban J connectivity index is 1.33. The molecule has 0 unspecified atom stereocenters. The van der Waals surface area contributed by atoms with Crippen LogP contribution in [-0.2, 0) is 4.79 Å². The molecule has 28 heavy (non-hydrogen) atoms. The molecule has 5 nitrogen and oxygen atoms in total. The van der Waals surface area contributed by atoms with Gasteiger partial charge in [-0.25, -0.2) is 0 Å². The molecule has 2 amide bonds. The lowest BCUT2D eigenvalue weighted by Gasteiger charge is -2.38. The second-order valence-corrected chi connectivity index (χ2v) is 7.79. The van der Waals surface area contributed by atoms with Crippen LogP contribution in [-0.4, -0.2) is 52.8 Å². The number of piperidine rings is 1. The molecule has 0 radical (unpaired) electrons. The minimum Gasteiger partial charge on any atom is -0.339 e. The molecular formula is C23H25N3O2. The number of carbonyl (C=O) groups is 2. The first-order valence-corrected chi connectivity index (χ1v) is 9.84. The van der Waals surface area contributed by atoms with Gasteiger partial charge in [-0.3, -0.25) is 14.6 Å². The van der Waals surface area contributed by atoms with Crippen molar-refractivity contribution in [1.82, 2.24) is 14.8 Å². The molecule has 0 atom stereocenters. The summed E-state index contributed by atoms with van der Waals surface area (Å²) in [6.07, 6.45) is 9.79. The molecular weight excluding hydrogens is 350 g/mol. The van der Waals surface area contributed by atoms with Gasteiger partial charge in [0.15, 0.2) is 0 Å². The highest BCUT2D eigenvalue weighted by molar-refractivity contribution is 5.94. The average Bonchev–Trinajstić information content (AvgIpc) is 3.04. The van der Waals surface area contributed by atoms with Gasteiger partial charge in [0, 0.05) is 56.0 Å². The van der Waals surface area contributed by atoms with E-state index in [2.05, 4.69) is 29.3 Å². The number of pyridine rings is 1. The Morgan fingerprint density at radius 3 is 2.50 bits per heavy atom. The Bertz CT molecular complexity index is 856. The standard InChI is InChI=1S/C23H25N3O2/c27-21-17-23(18-26(21)14-4-7-19-5-2-1-3-6-19)10-15-25(16-11-23)22(28)20-8-12-24-13-9-20/h1-9,12-13H,10-11,14-18H2. The van der Waals surface area contributed by atoms with Crippen LogP contribution in [0.2, 0.25) is 0 Å². The van der Waals surface area contributed by atoms with Crippen LogP contribution >= 0.6 is 0 Å². The summed E-state index contributed by atoms with van der Waals surface area (Å²) in [6, 6.07) is 13.6. The zero-order valence-corrected chi connectivity index (χ0v) is 16.0. The third kappa shape index (κ3) is 3.98. The number of aromatic nitrogens is 1. The van der Waals surface area contributed by atoms with Crippen molar-refractivity contribution in [2.75, 3.05) is 26.2 Å². The van der Waals surface area contributed by atoms with E-state index in [1.807, 2.05) is 28.0 Å². The van der Waals surface area contributed by atoms with E-state index in [0.717, 1.165) is 24.9 Å². The highest BCUT2D eigenvalue weighted by atomic mass is 16.2. The van der Waals surface area contributed by atoms with Crippen LogP contribution in [0.4, 0.5) is 0 Å². The summed E-state index contributed by atoms with van der Waals surface area (Å²) < 4.78 is 0. The first-order chi connectivity index (χ1) is 13.7. The van der Waals surface area contributed by atoms with Crippen molar-refractivity contribution < 1.29 is 9.59 Å². The molecule has 144 valence electrons. The number of nitrogens with zero attached hydrogens (tertiary/aromatic N) is 3. The normalized spacial score (nSPS) is 18.9. The zero-order chi connectivity index (χ0) is 19.4. The number of benzene rings is 1. The first-order valence-electron chi connectivity index (χ1n) is 9.84. The van der Waals surface area contributed by atoms with Gasteiger partial charge in [-0.1, -0.05) is 42.5 Å². The molecule has 0 aliphatic carbocycles. The summed E-state index contributed by atoms with van der Waals surface area (Å²) in [5.41, 5.74) is 1.85. The molecule has 0 bridgehead atoms. The van der Waals surface area contributed by atoms with E-state index in [4.69, 9.17) is 0 Å². The number of amides is 2. The van der Waals surface area contributed by atoms with E-state index in [0.29, 0.717) is 31.6 Å². The fraction of sp³-hybridized carbons (Fsp3) is 0.348. The van der Waals surface area contributed by atoms with Crippen LogP contribution in [0.5, 0.6) is 0 Å². The smallest absolute Gasteiger partial charge is 0.253 e. The summed E-state index contributed by atoms with van der Waals surface area (Å²) in [5.74, 6) is 0.288. The molecule has 1 aromatic carbocycles. The second kappa shape index (κ2) is 7.97. The van der Waals surface area contributed by atoms with Gasteiger partial charge >= 0.3 is 0 Å². The molecule has 5 heteroatoms. The minimum atomic E-state index is 0.0205. The van der Waals surface area contributed by atoms with E-state index >= 15 is 0 Å². The van der Waals surface area contributed by atoms with Gasteiger partial charge in [0.25, 0.3) is 5.91 Å². The molecule has 2 fully saturated rings. The van der Waals surface area contributed by atoms with Crippen molar-refractivity contribution in [2.24, 2.45) is 5.41 Å². The summed E-state index contributed by atoms with van der Waals surface area (Å²) in [6.45, 7) is 2.86. The molecule has 3 heterocycles. The molecule has 0 N–H and O–H groups in total. The maximum absolute atomic E-state index is 12.6. The van der Waals surface area contributed by atoms with Crippen LogP contribution in [0.3, 0.4) is 0 Å². The van der Waals surface area contributed by atoms with Crippen LogP contribution in [0.15, 0.2) is 60.9 Å². The first kappa shape index (κ1) is 18.4. The van der Waals surface area contributed by atoms with Crippen molar-refractivity contribution in [1.29, 1.82) is 0 Å². The monoisotopic (exact) mass is 375 g/mol. The van der Waals surface area contributed by atoms with Gasteiger partial charge in [-0.15, -0.1) is 0 Å². The highest BCUT2D eigenvalue weighted by Crippen LogP contribution is 2.41. The van der Waals surface area contributed by atoms with Crippen molar-refractivity contribution in [3.05, 3.63) is 72.1 Å². The third-order valence-electron chi connectivity index (χ3n) is 5.88. The molecule has 4 rings (SSSR count). The molecule has 2 aliphatic rings. The Morgan fingerprint density at radius 1 is 1.07 bits per heavy atom. The fourth-order valence-corrected chi connectivity index (χ4v) is 4.22. The van der Waals surface area contributed by atoms with E-state index in [-0.39, 0.29) is 17.2 Å². The Morgan fingerprint density at radius 2 is 1.79 bits per heavy atom. The number of likely N-dealkylation sites (tertiary alicyclic amines) is 2. The van der Waals surface area contributed by atoms with E-state index in [1.54, 1.807) is 24.5 Å². The van der Waals surface area contributed by atoms with Crippen molar-refractivity contribution in [3.63, 3.8) is 0 Å². The van der Waals surface area contributed by atoms with E-state index in [9.17, 15) is 9.59 Å². The maximum Gasteiger partial charge on any atom is 0.253 e. The van der Waals surface area contributed by atoms with Crippen LogP contribution < -0.4 is 0 Å². The summed E-state index contributed by atoms with van der Waals surface area (Å²) in [7, 11) is 0. The average molecular weight is 375 g/mol. The Hall–Kier alpha value is -2.95. The number of carbonyl (C=O) groups excluding carboxylic acids is 2. The number of hydrogen-bond acceptors (Lipinski definition) is 3. The van der Waals surface area contributed by atoms with Crippen molar-refractivity contribution in [3.8, 4) is 0 Å². The Labute approximate surface area is 165 Å². The summed E-state index contributed by atoms with van der Waals surface area (Å²) >= 11 is 0. The largest absolute Gasteiger partial charge is 0.339 e. The number of rotatable bonds is 4. The zero-order valence-electron chi connectivity index (χ0n) is 16.0. The molecule has 1 spiro atoms. The van der Waals surface area contributed by atoms with Gasteiger partial charge in [-0.05, 0) is 30.5 Å². The van der Waals surface area contributed by atoms with E-state index < -0.39 is 0 Å². The Kier molecular flexibility index (Phi) is 5.24. The third-order valence-corrected chi connectivity index (χ3v) is 5.88. The van der Waals surface area contributed by atoms with Gasteiger partial charge in [0.1, 0.15) is 0 Å². The molecule has 2 aromatic rings. The molecule has 1 aromatic heterocycles. The van der Waals surface area contributed by atoms with Gasteiger partial charge in [-0.2, -0.15) is 0 Å². The lowest BCUT2D eigenvalue weighted by atomic mass is 9.77. The minimum absolute atomic E-state index is 0.0205. The highest BCUT2D eigenvalue weighted by Gasteiger charge is 2.45. The van der Waals surface area contributed by atoms with Crippen LogP contribution in [0.25, 0.3) is 6.08 Å². The van der Waals surface area contributed by atoms with E-state index in [1.165, 1.54) is 0 Å². The SMILES string of the molecule is O=C1CC2(CCN(C(=O)c3ccncc3)CC2)CN1CC=Cc1ccccc1. The van der Waals surface area contributed by atoms with Crippen molar-refractivity contribution in [2.45, 2.75) is 19.3 Å². The fourth-order valence-electron chi connectivity index (χ4n) is 4.22. The lowest BCUT2D eigenvalue weighted by Crippen LogP contribution is -2.44. The van der Waals surface area contributed by atoms with Crippen molar-refractivity contribution >= 4 is 17.9 Å². The van der Waals surface area contributed by atoms with Crippen LogP contribution in [0.1, 0.15) is 35.2 Å². The molecule has 0 saturated carbocycles. The topological polar surface area (TPSA) is 53.5 Å². The van der Waals surface area contributed by atoms with Gasteiger partial charge in [0.05, 0.1) is 0 Å². The van der Waals surface area contributed by atoms with Gasteiger partial charge in [0.2, 0.25) is 5.91 Å². The summed E-state index contributed by atoms with van der Waals surface area (Å²) in [5, 5.41) is 0. The van der Waals surface area contributed by atoms with Gasteiger partial charge < -0.3 is 9.80 Å². The predicted molar refractivity (Wildman–Crippen MR) is 108 cm³/mol. The quantitative estimate of drug-likeness (QED) is 0.824. The molecule has 2 aliphatic heterocycles. The second-order valence-electron chi connectivity index (χ2n) is 7.79.